The molecule has 5 nitrogen and oxygen atoms in total. The number of hydrogen-bond donors (Lipinski definition) is 3. The normalized spacial score (nSPS) is 29.9. The second-order valence-corrected chi connectivity index (χ2v) is 4.60. The fourth-order valence-corrected chi connectivity index (χ4v) is 2.26. The summed E-state index contributed by atoms with van der Waals surface area (Å²) in [4.78, 5) is 22.7. The zero-order valence-electron chi connectivity index (χ0n) is 9.42. The highest BCUT2D eigenvalue weighted by Gasteiger charge is 2.28. The minimum atomic E-state index is -0.170. The Morgan fingerprint density at radius 2 is 2.31 bits per heavy atom. The lowest BCUT2D eigenvalue weighted by atomic mass is 10.0. The number of hydrogen-bond acceptors (Lipinski definition) is 3. The molecule has 2 saturated heterocycles. The van der Waals surface area contributed by atoms with Gasteiger partial charge >= 0.3 is 0 Å². The molecule has 2 fully saturated rings. The lowest BCUT2D eigenvalue weighted by molar-refractivity contribution is -0.126. The molecule has 90 valence electrons. The Morgan fingerprint density at radius 1 is 1.44 bits per heavy atom. The Bertz CT molecular complexity index is 274. The molecule has 2 amide bonds. The van der Waals surface area contributed by atoms with Gasteiger partial charge in [0.1, 0.15) is 0 Å². The van der Waals surface area contributed by atoms with E-state index in [1.165, 1.54) is 12.8 Å². The zero-order valence-corrected chi connectivity index (χ0v) is 9.42. The van der Waals surface area contributed by atoms with E-state index in [0.29, 0.717) is 25.6 Å². The first kappa shape index (κ1) is 11.4. The molecular formula is C11H19N3O2. The van der Waals surface area contributed by atoms with Gasteiger partial charge in [0.25, 0.3) is 0 Å². The van der Waals surface area contributed by atoms with Crippen molar-refractivity contribution in [2.75, 3.05) is 19.6 Å². The summed E-state index contributed by atoms with van der Waals surface area (Å²) in [7, 11) is 0. The molecule has 0 radical (unpaired) electrons. The van der Waals surface area contributed by atoms with Crippen molar-refractivity contribution in [3.63, 3.8) is 0 Å². The molecule has 2 aliphatic heterocycles. The lowest BCUT2D eigenvalue weighted by Gasteiger charge is -2.24. The van der Waals surface area contributed by atoms with Gasteiger partial charge in [0.05, 0.1) is 5.92 Å². The van der Waals surface area contributed by atoms with Crippen molar-refractivity contribution >= 4 is 11.8 Å². The minimum Gasteiger partial charge on any atom is -0.355 e. The Labute approximate surface area is 95.3 Å². The molecule has 3 N–H and O–H groups in total. The molecule has 0 bridgehead atoms. The Hall–Kier alpha value is -1.10. The largest absolute Gasteiger partial charge is 0.355 e. The van der Waals surface area contributed by atoms with Crippen LogP contribution in [-0.2, 0) is 9.59 Å². The van der Waals surface area contributed by atoms with Gasteiger partial charge in [-0.2, -0.15) is 0 Å². The van der Waals surface area contributed by atoms with E-state index in [-0.39, 0.29) is 17.7 Å². The standard InChI is InChI=1S/C11H19N3O2/c15-10-5-8(6-13-10)11(16)14-7-9-3-1-2-4-12-9/h8-9,12H,1-7H2,(H,13,15)(H,14,16). The van der Waals surface area contributed by atoms with Crippen molar-refractivity contribution in [2.45, 2.75) is 31.7 Å². The van der Waals surface area contributed by atoms with Crippen LogP contribution in [0.5, 0.6) is 0 Å². The third kappa shape index (κ3) is 2.95. The van der Waals surface area contributed by atoms with Crippen LogP contribution < -0.4 is 16.0 Å². The first-order valence-corrected chi connectivity index (χ1v) is 6.03. The highest BCUT2D eigenvalue weighted by molar-refractivity contribution is 5.89. The van der Waals surface area contributed by atoms with Crippen molar-refractivity contribution < 1.29 is 9.59 Å². The van der Waals surface area contributed by atoms with Gasteiger partial charge in [0.2, 0.25) is 11.8 Å². The summed E-state index contributed by atoms with van der Waals surface area (Å²) in [5.41, 5.74) is 0. The SMILES string of the molecule is O=C1CC(C(=O)NCC2CCCCN2)CN1. The van der Waals surface area contributed by atoms with E-state index < -0.39 is 0 Å². The maximum Gasteiger partial charge on any atom is 0.225 e. The second kappa shape index (κ2) is 5.30. The van der Waals surface area contributed by atoms with Gasteiger partial charge in [0, 0.05) is 25.6 Å². The third-order valence-electron chi connectivity index (χ3n) is 3.28. The second-order valence-electron chi connectivity index (χ2n) is 4.60. The van der Waals surface area contributed by atoms with Crippen LogP contribution in [-0.4, -0.2) is 37.5 Å². The van der Waals surface area contributed by atoms with Crippen LogP contribution in [0.3, 0.4) is 0 Å². The minimum absolute atomic E-state index is 0.00530. The van der Waals surface area contributed by atoms with Crippen LogP contribution in [0.15, 0.2) is 0 Å². The van der Waals surface area contributed by atoms with Gasteiger partial charge in [-0.3, -0.25) is 9.59 Å². The van der Waals surface area contributed by atoms with Crippen LogP contribution in [0.2, 0.25) is 0 Å². The summed E-state index contributed by atoms with van der Waals surface area (Å²) in [5, 5.41) is 8.97. The first-order chi connectivity index (χ1) is 7.75. The molecule has 0 aromatic rings. The topological polar surface area (TPSA) is 70.2 Å². The van der Waals surface area contributed by atoms with Crippen molar-refractivity contribution in [3.05, 3.63) is 0 Å². The van der Waals surface area contributed by atoms with E-state index in [2.05, 4.69) is 16.0 Å². The zero-order chi connectivity index (χ0) is 11.4. The van der Waals surface area contributed by atoms with Crippen LogP contribution in [0.4, 0.5) is 0 Å². The van der Waals surface area contributed by atoms with E-state index in [1.807, 2.05) is 0 Å². The summed E-state index contributed by atoms with van der Waals surface area (Å²) in [6, 6.07) is 0.405. The number of rotatable bonds is 3. The molecular weight excluding hydrogens is 206 g/mol. The fraction of sp³-hybridized carbons (Fsp3) is 0.818. The number of amides is 2. The number of nitrogens with one attached hydrogen (secondary N) is 3. The van der Waals surface area contributed by atoms with Crippen molar-refractivity contribution in [1.82, 2.24) is 16.0 Å². The number of carbonyl (C=O) groups is 2. The number of carbonyl (C=O) groups excluding carboxylic acids is 2. The molecule has 0 spiro atoms. The van der Waals surface area contributed by atoms with Crippen LogP contribution in [0, 0.1) is 5.92 Å². The van der Waals surface area contributed by atoms with E-state index in [4.69, 9.17) is 0 Å². The summed E-state index contributed by atoms with van der Waals surface area (Å²) < 4.78 is 0. The van der Waals surface area contributed by atoms with Crippen LogP contribution in [0.1, 0.15) is 25.7 Å². The molecule has 16 heavy (non-hydrogen) atoms. The van der Waals surface area contributed by atoms with E-state index in [1.54, 1.807) is 0 Å². The lowest BCUT2D eigenvalue weighted by Crippen LogP contribution is -2.45. The molecule has 2 atom stereocenters. The molecule has 0 aromatic heterocycles. The summed E-state index contributed by atoms with van der Waals surface area (Å²) >= 11 is 0. The molecule has 2 unspecified atom stereocenters. The average Bonchev–Trinajstić information content (AvgIpc) is 2.74. The van der Waals surface area contributed by atoms with Gasteiger partial charge in [-0.25, -0.2) is 0 Å². The van der Waals surface area contributed by atoms with Gasteiger partial charge < -0.3 is 16.0 Å². The van der Waals surface area contributed by atoms with Gasteiger partial charge in [-0.05, 0) is 19.4 Å². The predicted molar refractivity (Wildman–Crippen MR) is 59.8 cm³/mol. The highest BCUT2D eigenvalue weighted by Crippen LogP contribution is 2.09. The van der Waals surface area contributed by atoms with Crippen molar-refractivity contribution in [3.8, 4) is 0 Å². The predicted octanol–water partition coefficient (Wildman–Crippen LogP) is -0.619. The van der Waals surface area contributed by atoms with Gasteiger partial charge in [-0.1, -0.05) is 6.42 Å². The van der Waals surface area contributed by atoms with E-state index >= 15 is 0 Å². The Kier molecular flexibility index (Phi) is 3.77. The molecule has 0 aliphatic carbocycles. The third-order valence-corrected chi connectivity index (χ3v) is 3.28. The van der Waals surface area contributed by atoms with Crippen molar-refractivity contribution in [2.24, 2.45) is 5.92 Å². The monoisotopic (exact) mass is 225 g/mol. The van der Waals surface area contributed by atoms with E-state index in [9.17, 15) is 9.59 Å². The molecule has 2 heterocycles. The van der Waals surface area contributed by atoms with Crippen molar-refractivity contribution in [1.29, 1.82) is 0 Å². The smallest absolute Gasteiger partial charge is 0.225 e. The van der Waals surface area contributed by atoms with Crippen LogP contribution >= 0.6 is 0 Å². The molecule has 0 saturated carbocycles. The maximum absolute atomic E-state index is 11.7. The molecule has 0 aromatic carbocycles. The van der Waals surface area contributed by atoms with Gasteiger partial charge in [0.15, 0.2) is 0 Å². The average molecular weight is 225 g/mol. The van der Waals surface area contributed by atoms with E-state index in [0.717, 1.165) is 13.0 Å². The maximum atomic E-state index is 11.7. The molecule has 2 aliphatic rings. The Balaban J connectivity index is 1.68. The highest BCUT2D eigenvalue weighted by atomic mass is 16.2. The number of piperidine rings is 1. The van der Waals surface area contributed by atoms with Gasteiger partial charge in [-0.15, -0.1) is 0 Å². The van der Waals surface area contributed by atoms with Crippen LogP contribution in [0.25, 0.3) is 0 Å². The fourth-order valence-electron chi connectivity index (χ4n) is 2.26. The summed E-state index contributed by atoms with van der Waals surface area (Å²) in [6.45, 7) is 2.22. The molecule has 2 rings (SSSR count). The Morgan fingerprint density at radius 3 is 2.94 bits per heavy atom. The quantitative estimate of drug-likeness (QED) is 0.599. The summed E-state index contributed by atoms with van der Waals surface area (Å²) in [6.07, 6.45) is 3.93. The molecule has 5 heteroatoms. The summed E-state index contributed by atoms with van der Waals surface area (Å²) in [5.74, 6) is -0.183. The first-order valence-electron chi connectivity index (χ1n) is 6.03.